The van der Waals surface area contributed by atoms with Crippen molar-refractivity contribution < 1.29 is 13.2 Å². The minimum absolute atomic E-state index is 0.00584. The Bertz CT molecular complexity index is 369. The number of nitrogens with one attached hydrogen (secondary N) is 1. The summed E-state index contributed by atoms with van der Waals surface area (Å²) in [6, 6.07) is 0.242. The fourth-order valence-electron chi connectivity index (χ4n) is 1.36. The third kappa shape index (κ3) is 3.96. The molecule has 0 amide bonds. The average Bonchev–Trinajstić information content (AvgIpc) is 2.57. The number of aromatic nitrogens is 1. The molecule has 0 fully saturated rings. The van der Waals surface area contributed by atoms with E-state index in [0.29, 0.717) is 17.1 Å². The maximum Gasteiger partial charge on any atom is 0.443 e. The molecule has 0 aliphatic heterocycles. The fraction of sp³-hybridized carbons (Fsp3) is 0.727. The number of alkyl halides is 3. The van der Waals surface area contributed by atoms with Gasteiger partial charge < -0.3 is 5.32 Å². The lowest BCUT2D eigenvalue weighted by atomic mass is 10.1. The van der Waals surface area contributed by atoms with Crippen LogP contribution in [0.15, 0.2) is 0 Å². The van der Waals surface area contributed by atoms with Gasteiger partial charge in [0.15, 0.2) is 5.01 Å². The van der Waals surface area contributed by atoms with Crippen LogP contribution in [-0.2, 0) is 12.7 Å². The van der Waals surface area contributed by atoms with Gasteiger partial charge in [-0.25, -0.2) is 4.98 Å². The molecule has 0 spiro atoms. The Morgan fingerprint density at radius 2 is 1.82 bits per heavy atom. The number of halogens is 3. The van der Waals surface area contributed by atoms with Crippen LogP contribution in [0.25, 0.3) is 0 Å². The zero-order valence-electron chi connectivity index (χ0n) is 10.4. The van der Waals surface area contributed by atoms with Crippen LogP contribution < -0.4 is 5.32 Å². The molecule has 1 rings (SSSR count). The molecule has 0 aromatic carbocycles. The lowest BCUT2D eigenvalue weighted by molar-refractivity contribution is -0.137. The molecule has 0 saturated carbocycles. The number of hydrogen-bond donors (Lipinski definition) is 1. The molecule has 1 N–H and O–H groups in total. The van der Waals surface area contributed by atoms with E-state index in [1.165, 1.54) is 0 Å². The molecule has 0 aliphatic rings. The smallest absolute Gasteiger partial charge is 0.310 e. The van der Waals surface area contributed by atoms with Crippen LogP contribution in [0.1, 0.15) is 49.2 Å². The van der Waals surface area contributed by atoms with Gasteiger partial charge in [0.25, 0.3) is 0 Å². The molecule has 0 radical (unpaired) electrons. The zero-order chi connectivity index (χ0) is 13.2. The molecular formula is C11H17F3N2S. The molecule has 1 aromatic rings. The summed E-state index contributed by atoms with van der Waals surface area (Å²) in [5, 5.41) is 2.38. The Morgan fingerprint density at radius 3 is 2.24 bits per heavy atom. The minimum atomic E-state index is -4.34. The van der Waals surface area contributed by atoms with Crippen molar-refractivity contribution in [3.8, 4) is 0 Å². The first-order chi connectivity index (χ1) is 7.71. The second kappa shape index (κ2) is 5.35. The fourth-order valence-corrected chi connectivity index (χ4v) is 2.39. The van der Waals surface area contributed by atoms with Gasteiger partial charge in [-0.2, -0.15) is 13.2 Å². The van der Waals surface area contributed by atoms with Crippen molar-refractivity contribution in [2.24, 2.45) is 0 Å². The molecule has 0 unspecified atom stereocenters. The molecule has 2 nitrogen and oxygen atoms in total. The largest absolute Gasteiger partial charge is 0.443 e. The lowest BCUT2D eigenvalue weighted by Gasteiger charge is -2.09. The van der Waals surface area contributed by atoms with Crippen molar-refractivity contribution in [1.82, 2.24) is 10.3 Å². The standard InChI is InChI=1S/C11H17F3N2S/c1-6(2)9-8(5-15-7(3)4)17-10(16-9)11(12,13)14/h6-7,15H,5H2,1-4H3. The van der Waals surface area contributed by atoms with Crippen LogP contribution in [0.4, 0.5) is 13.2 Å². The van der Waals surface area contributed by atoms with E-state index < -0.39 is 11.2 Å². The van der Waals surface area contributed by atoms with Gasteiger partial charge in [0, 0.05) is 17.5 Å². The van der Waals surface area contributed by atoms with Crippen molar-refractivity contribution >= 4 is 11.3 Å². The molecule has 98 valence electrons. The Hall–Kier alpha value is -0.620. The summed E-state index contributed by atoms with van der Waals surface area (Å²) in [7, 11) is 0. The highest BCUT2D eigenvalue weighted by Gasteiger charge is 2.36. The van der Waals surface area contributed by atoms with Gasteiger partial charge >= 0.3 is 6.18 Å². The maximum absolute atomic E-state index is 12.6. The Balaban J connectivity index is 2.97. The van der Waals surface area contributed by atoms with Crippen LogP contribution in [0.5, 0.6) is 0 Å². The predicted molar refractivity (Wildman–Crippen MR) is 63.2 cm³/mol. The summed E-state index contributed by atoms with van der Waals surface area (Å²) in [5.74, 6) is 0.00584. The maximum atomic E-state index is 12.6. The Labute approximate surface area is 103 Å². The van der Waals surface area contributed by atoms with E-state index in [0.717, 1.165) is 11.3 Å². The summed E-state index contributed by atoms with van der Waals surface area (Å²) in [6.07, 6.45) is -4.34. The first kappa shape index (κ1) is 14.4. The molecule has 0 saturated heterocycles. The quantitative estimate of drug-likeness (QED) is 0.897. The van der Waals surface area contributed by atoms with E-state index in [1.807, 2.05) is 27.7 Å². The van der Waals surface area contributed by atoms with Crippen molar-refractivity contribution in [2.75, 3.05) is 0 Å². The normalized spacial score (nSPS) is 12.8. The highest BCUT2D eigenvalue weighted by atomic mass is 32.1. The third-order valence-electron chi connectivity index (χ3n) is 2.19. The van der Waals surface area contributed by atoms with Gasteiger partial charge in [-0.1, -0.05) is 27.7 Å². The number of thiazole rings is 1. The highest BCUT2D eigenvalue weighted by molar-refractivity contribution is 7.11. The number of rotatable bonds is 4. The first-order valence-corrected chi connectivity index (χ1v) is 6.33. The van der Waals surface area contributed by atoms with Crippen LogP contribution >= 0.6 is 11.3 Å². The van der Waals surface area contributed by atoms with Crippen LogP contribution in [0, 0.1) is 0 Å². The van der Waals surface area contributed by atoms with Gasteiger partial charge in [0.05, 0.1) is 5.69 Å². The second-order valence-electron chi connectivity index (χ2n) is 4.52. The summed E-state index contributed by atoms with van der Waals surface area (Å²) >= 11 is 0.738. The number of nitrogens with zero attached hydrogens (tertiary/aromatic N) is 1. The van der Waals surface area contributed by atoms with E-state index in [-0.39, 0.29) is 12.0 Å². The molecule has 0 bridgehead atoms. The topological polar surface area (TPSA) is 24.9 Å². The van der Waals surface area contributed by atoms with Crippen molar-refractivity contribution in [1.29, 1.82) is 0 Å². The van der Waals surface area contributed by atoms with Crippen molar-refractivity contribution in [3.63, 3.8) is 0 Å². The van der Waals surface area contributed by atoms with Crippen LogP contribution in [0.2, 0.25) is 0 Å². The number of hydrogen-bond acceptors (Lipinski definition) is 3. The Morgan fingerprint density at radius 1 is 1.24 bits per heavy atom. The van der Waals surface area contributed by atoms with E-state index >= 15 is 0 Å². The van der Waals surface area contributed by atoms with Gasteiger partial charge in [-0.05, 0) is 5.92 Å². The third-order valence-corrected chi connectivity index (χ3v) is 3.30. The van der Waals surface area contributed by atoms with Crippen LogP contribution in [0.3, 0.4) is 0 Å². The van der Waals surface area contributed by atoms with Gasteiger partial charge in [-0.3, -0.25) is 0 Å². The lowest BCUT2D eigenvalue weighted by Crippen LogP contribution is -2.22. The second-order valence-corrected chi connectivity index (χ2v) is 5.60. The molecule has 17 heavy (non-hydrogen) atoms. The minimum Gasteiger partial charge on any atom is -0.310 e. The summed E-state index contributed by atoms with van der Waals surface area (Å²) < 4.78 is 37.7. The summed E-state index contributed by atoms with van der Waals surface area (Å²) in [5.41, 5.74) is 0.551. The monoisotopic (exact) mass is 266 g/mol. The molecular weight excluding hydrogens is 249 g/mol. The van der Waals surface area contributed by atoms with E-state index in [9.17, 15) is 13.2 Å². The van der Waals surface area contributed by atoms with Gasteiger partial charge in [0.2, 0.25) is 0 Å². The SMILES string of the molecule is CC(C)NCc1sc(C(F)(F)F)nc1C(C)C. The zero-order valence-corrected chi connectivity index (χ0v) is 11.2. The van der Waals surface area contributed by atoms with Gasteiger partial charge in [-0.15, -0.1) is 11.3 Å². The predicted octanol–water partition coefficient (Wildman–Crippen LogP) is 3.78. The summed E-state index contributed by atoms with van der Waals surface area (Å²) in [6.45, 7) is 8.07. The first-order valence-electron chi connectivity index (χ1n) is 5.52. The molecule has 0 atom stereocenters. The Kier molecular flexibility index (Phi) is 4.55. The van der Waals surface area contributed by atoms with E-state index in [2.05, 4.69) is 10.3 Å². The van der Waals surface area contributed by atoms with Crippen molar-refractivity contribution in [3.05, 3.63) is 15.6 Å². The van der Waals surface area contributed by atoms with Gasteiger partial charge in [0.1, 0.15) is 0 Å². The van der Waals surface area contributed by atoms with E-state index in [4.69, 9.17) is 0 Å². The molecule has 0 aliphatic carbocycles. The molecule has 1 heterocycles. The molecule has 6 heteroatoms. The van der Waals surface area contributed by atoms with E-state index in [1.54, 1.807) is 0 Å². The van der Waals surface area contributed by atoms with Crippen molar-refractivity contribution in [2.45, 2.75) is 52.4 Å². The molecule has 1 aromatic heterocycles. The highest BCUT2D eigenvalue weighted by Crippen LogP contribution is 2.36. The summed E-state index contributed by atoms with van der Waals surface area (Å²) in [4.78, 5) is 4.39. The van der Waals surface area contributed by atoms with Crippen LogP contribution in [-0.4, -0.2) is 11.0 Å². The average molecular weight is 266 g/mol.